The van der Waals surface area contributed by atoms with Crippen molar-refractivity contribution >= 4 is 11.6 Å². The summed E-state index contributed by atoms with van der Waals surface area (Å²) in [6.07, 6.45) is 3.75. The van der Waals surface area contributed by atoms with Crippen molar-refractivity contribution in [2.45, 2.75) is 25.8 Å². The molecular formula is C16H26N4O. The number of nitrogens with zero attached hydrogens (tertiary/aromatic N) is 2. The maximum Gasteiger partial charge on any atom is 0.191 e. The van der Waals surface area contributed by atoms with Crippen molar-refractivity contribution in [1.29, 1.82) is 0 Å². The van der Waals surface area contributed by atoms with Crippen molar-refractivity contribution in [3.63, 3.8) is 0 Å². The summed E-state index contributed by atoms with van der Waals surface area (Å²) < 4.78 is 5.01. The molecule has 0 bridgehead atoms. The van der Waals surface area contributed by atoms with Gasteiger partial charge in [-0.2, -0.15) is 0 Å². The van der Waals surface area contributed by atoms with E-state index in [1.54, 1.807) is 7.11 Å². The molecule has 0 aromatic heterocycles. The number of aliphatic imine (C=N–C) groups is 1. The van der Waals surface area contributed by atoms with Gasteiger partial charge in [0, 0.05) is 32.4 Å². The number of nitrogens with two attached hydrogens (primary N) is 1. The van der Waals surface area contributed by atoms with Crippen molar-refractivity contribution in [2.75, 3.05) is 38.7 Å². The molecule has 3 N–H and O–H groups in total. The molecule has 5 heteroatoms. The van der Waals surface area contributed by atoms with Gasteiger partial charge in [-0.15, -0.1) is 0 Å². The van der Waals surface area contributed by atoms with Gasteiger partial charge in [-0.25, -0.2) is 4.99 Å². The van der Waals surface area contributed by atoms with Gasteiger partial charge in [-0.1, -0.05) is 12.1 Å². The lowest BCUT2D eigenvalue weighted by atomic mass is 10.1. The molecule has 0 aliphatic carbocycles. The van der Waals surface area contributed by atoms with Crippen molar-refractivity contribution in [1.82, 2.24) is 4.90 Å². The van der Waals surface area contributed by atoms with Crippen LogP contribution in [-0.4, -0.2) is 44.2 Å². The monoisotopic (exact) mass is 290 g/mol. The fraction of sp³-hybridized carbons (Fsp3) is 0.562. The molecule has 1 aliphatic rings. The van der Waals surface area contributed by atoms with Gasteiger partial charge in [0.15, 0.2) is 5.96 Å². The molecule has 0 radical (unpaired) electrons. The normalized spacial score (nSPS) is 16.0. The number of guanidine groups is 1. The van der Waals surface area contributed by atoms with Crippen LogP contribution in [0.25, 0.3) is 0 Å². The Morgan fingerprint density at radius 3 is 2.62 bits per heavy atom. The summed E-state index contributed by atoms with van der Waals surface area (Å²) in [7, 11) is 1.70. The molecule has 1 saturated heterocycles. The molecule has 1 heterocycles. The summed E-state index contributed by atoms with van der Waals surface area (Å²) in [5.74, 6) is 0.678. The van der Waals surface area contributed by atoms with Crippen LogP contribution in [0.15, 0.2) is 29.3 Å². The van der Waals surface area contributed by atoms with Gasteiger partial charge in [0.1, 0.15) is 0 Å². The Morgan fingerprint density at radius 1 is 1.24 bits per heavy atom. The highest BCUT2D eigenvalue weighted by atomic mass is 16.5. The van der Waals surface area contributed by atoms with E-state index in [9.17, 15) is 0 Å². The van der Waals surface area contributed by atoms with Gasteiger partial charge < -0.3 is 20.7 Å². The second kappa shape index (κ2) is 8.52. The van der Waals surface area contributed by atoms with Crippen molar-refractivity contribution in [2.24, 2.45) is 10.7 Å². The Balaban J connectivity index is 1.82. The quantitative estimate of drug-likeness (QED) is 0.478. The van der Waals surface area contributed by atoms with Crippen molar-refractivity contribution in [3.05, 3.63) is 29.8 Å². The molecule has 116 valence electrons. The highest BCUT2D eigenvalue weighted by Crippen LogP contribution is 2.11. The van der Waals surface area contributed by atoms with E-state index in [0.717, 1.165) is 25.3 Å². The summed E-state index contributed by atoms with van der Waals surface area (Å²) >= 11 is 0. The maximum atomic E-state index is 6.06. The molecule has 0 unspecified atom stereocenters. The highest BCUT2D eigenvalue weighted by molar-refractivity contribution is 5.78. The number of hydrogen-bond donors (Lipinski definition) is 2. The predicted molar refractivity (Wildman–Crippen MR) is 87.6 cm³/mol. The minimum Gasteiger partial charge on any atom is -0.383 e. The zero-order valence-electron chi connectivity index (χ0n) is 12.8. The Hall–Kier alpha value is -1.75. The number of nitrogens with one attached hydrogen (secondary N) is 1. The standard InChI is InChI=1S/C16H26N4O/c1-21-12-9-18-15-7-5-14(6-8-15)13-19-16(17)20-10-3-2-4-11-20/h5-8,18H,2-4,9-13H2,1H3,(H2,17,19). The lowest BCUT2D eigenvalue weighted by Gasteiger charge is -2.27. The molecular weight excluding hydrogens is 264 g/mol. The van der Waals surface area contributed by atoms with E-state index in [1.807, 2.05) is 0 Å². The molecule has 1 aromatic rings. The van der Waals surface area contributed by atoms with E-state index >= 15 is 0 Å². The smallest absolute Gasteiger partial charge is 0.191 e. The van der Waals surface area contributed by atoms with E-state index in [2.05, 4.69) is 39.5 Å². The highest BCUT2D eigenvalue weighted by Gasteiger charge is 2.11. The van der Waals surface area contributed by atoms with Crippen molar-refractivity contribution < 1.29 is 4.74 Å². The van der Waals surface area contributed by atoms with E-state index in [0.29, 0.717) is 19.1 Å². The molecule has 0 amide bonds. The van der Waals surface area contributed by atoms with Gasteiger partial charge in [0.2, 0.25) is 0 Å². The van der Waals surface area contributed by atoms with Crippen LogP contribution in [0.5, 0.6) is 0 Å². The Morgan fingerprint density at radius 2 is 1.95 bits per heavy atom. The molecule has 0 atom stereocenters. The van der Waals surface area contributed by atoms with Crippen molar-refractivity contribution in [3.8, 4) is 0 Å². The Labute approximate surface area is 127 Å². The van der Waals surface area contributed by atoms with E-state index in [-0.39, 0.29) is 0 Å². The average Bonchev–Trinajstić information content (AvgIpc) is 2.55. The SMILES string of the molecule is COCCNc1ccc(CN=C(N)N2CCCCC2)cc1. The minimum absolute atomic E-state index is 0.640. The van der Waals surface area contributed by atoms with Crippen LogP contribution >= 0.6 is 0 Å². The third-order valence-corrected chi connectivity index (χ3v) is 3.69. The van der Waals surface area contributed by atoms with Crippen LogP contribution in [0.2, 0.25) is 0 Å². The van der Waals surface area contributed by atoms with E-state index < -0.39 is 0 Å². The van der Waals surface area contributed by atoms with Gasteiger partial charge in [-0.05, 0) is 37.0 Å². The minimum atomic E-state index is 0.640. The number of methoxy groups -OCH3 is 1. The van der Waals surface area contributed by atoms with E-state index in [1.165, 1.54) is 24.8 Å². The Kier molecular flexibility index (Phi) is 6.34. The van der Waals surface area contributed by atoms with Crippen LogP contribution in [0.4, 0.5) is 5.69 Å². The largest absolute Gasteiger partial charge is 0.383 e. The first kappa shape index (κ1) is 15.6. The van der Waals surface area contributed by atoms with Crippen LogP contribution in [-0.2, 0) is 11.3 Å². The van der Waals surface area contributed by atoms with Crippen LogP contribution in [0.1, 0.15) is 24.8 Å². The zero-order valence-corrected chi connectivity index (χ0v) is 12.8. The first-order valence-electron chi connectivity index (χ1n) is 7.66. The fourth-order valence-corrected chi connectivity index (χ4v) is 2.42. The number of hydrogen-bond acceptors (Lipinski definition) is 3. The first-order chi connectivity index (χ1) is 10.3. The van der Waals surface area contributed by atoms with Gasteiger partial charge in [0.05, 0.1) is 13.2 Å². The van der Waals surface area contributed by atoms with Crippen LogP contribution in [0, 0.1) is 0 Å². The number of rotatable bonds is 6. The molecule has 1 fully saturated rings. The average molecular weight is 290 g/mol. The molecule has 5 nitrogen and oxygen atoms in total. The lowest BCUT2D eigenvalue weighted by Crippen LogP contribution is -2.40. The summed E-state index contributed by atoms with van der Waals surface area (Å²) in [5, 5.41) is 3.30. The predicted octanol–water partition coefficient (Wildman–Crippen LogP) is 2.05. The third kappa shape index (κ3) is 5.27. The van der Waals surface area contributed by atoms with Crippen LogP contribution < -0.4 is 11.1 Å². The number of benzene rings is 1. The fourth-order valence-electron chi connectivity index (χ4n) is 2.42. The zero-order chi connectivity index (χ0) is 14.9. The lowest BCUT2D eigenvalue weighted by molar-refractivity contribution is 0.211. The number of ether oxygens (including phenoxy) is 1. The molecule has 0 spiro atoms. The summed E-state index contributed by atoms with van der Waals surface area (Å²) in [6, 6.07) is 8.30. The summed E-state index contributed by atoms with van der Waals surface area (Å²) in [4.78, 5) is 6.69. The van der Waals surface area contributed by atoms with E-state index in [4.69, 9.17) is 10.5 Å². The number of piperidine rings is 1. The van der Waals surface area contributed by atoms with Crippen LogP contribution in [0.3, 0.4) is 0 Å². The maximum absolute atomic E-state index is 6.06. The second-order valence-corrected chi connectivity index (χ2v) is 5.34. The summed E-state index contributed by atoms with van der Waals surface area (Å²) in [5.41, 5.74) is 8.33. The summed E-state index contributed by atoms with van der Waals surface area (Å²) in [6.45, 7) is 4.24. The Bertz CT molecular complexity index is 438. The van der Waals surface area contributed by atoms with Gasteiger partial charge >= 0.3 is 0 Å². The second-order valence-electron chi connectivity index (χ2n) is 5.34. The number of likely N-dealkylation sites (tertiary alicyclic amines) is 1. The molecule has 1 aromatic carbocycles. The topological polar surface area (TPSA) is 62.9 Å². The molecule has 2 rings (SSSR count). The number of anilines is 1. The van der Waals surface area contributed by atoms with Gasteiger partial charge in [-0.3, -0.25) is 0 Å². The molecule has 0 saturated carbocycles. The molecule has 1 aliphatic heterocycles. The molecule has 21 heavy (non-hydrogen) atoms. The first-order valence-corrected chi connectivity index (χ1v) is 7.66. The third-order valence-electron chi connectivity index (χ3n) is 3.69. The van der Waals surface area contributed by atoms with Gasteiger partial charge in [0.25, 0.3) is 0 Å².